The third kappa shape index (κ3) is 2.39. The highest BCUT2D eigenvalue weighted by Gasteiger charge is 2.65. The molecule has 1 aromatic rings. The molecule has 1 spiro atoms. The molecule has 3 aliphatic rings. The van der Waals surface area contributed by atoms with Gasteiger partial charge >= 0.3 is 0 Å². The van der Waals surface area contributed by atoms with E-state index < -0.39 is 22.3 Å². The smallest absolute Gasteiger partial charge is 0.279 e. The first-order valence-electron chi connectivity index (χ1n) is 9.45. The highest BCUT2D eigenvalue weighted by atomic mass is 16.6. The molecule has 2 heterocycles. The van der Waals surface area contributed by atoms with Gasteiger partial charge in [-0.15, -0.1) is 6.58 Å². The molecule has 1 aliphatic carbocycles. The molecule has 29 heavy (non-hydrogen) atoms. The molecule has 146 valence electrons. The number of nitrogens with zero attached hydrogens (tertiary/aromatic N) is 4. The lowest BCUT2D eigenvalue weighted by atomic mass is 9.63. The SMILES string of the molecule is C=CCN1C(=O)C2(OC(C#N)=C(C#N)C3CCCCC32)c2c1cccc2[N+](=O)[O-]. The van der Waals surface area contributed by atoms with Gasteiger partial charge in [0.05, 0.1) is 22.3 Å². The molecule has 2 aliphatic heterocycles. The van der Waals surface area contributed by atoms with Crippen molar-refractivity contribution in [3.05, 3.63) is 57.9 Å². The Bertz CT molecular complexity index is 1050. The number of nitro benzene ring substituents is 1. The van der Waals surface area contributed by atoms with Gasteiger partial charge in [-0.25, -0.2) is 0 Å². The monoisotopic (exact) mass is 390 g/mol. The second kappa shape index (κ2) is 6.75. The van der Waals surface area contributed by atoms with Crippen molar-refractivity contribution in [2.24, 2.45) is 11.8 Å². The predicted octanol–water partition coefficient (Wildman–Crippen LogP) is 3.46. The molecule has 1 saturated carbocycles. The largest absolute Gasteiger partial charge is 0.461 e. The van der Waals surface area contributed by atoms with Crippen LogP contribution >= 0.6 is 0 Å². The lowest BCUT2D eigenvalue weighted by molar-refractivity contribution is -0.386. The van der Waals surface area contributed by atoms with Gasteiger partial charge in [0.2, 0.25) is 11.4 Å². The molecule has 0 aromatic heterocycles. The molecule has 4 rings (SSSR count). The summed E-state index contributed by atoms with van der Waals surface area (Å²) < 4.78 is 6.03. The van der Waals surface area contributed by atoms with Gasteiger partial charge in [0.25, 0.3) is 11.6 Å². The minimum absolute atomic E-state index is 0.159. The number of rotatable bonds is 3. The molecule has 3 unspecified atom stereocenters. The summed E-state index contributed by atoms with van der Waals surface area (Å²) in [6.45, 7) is 3.85. The Labute approximate surface area is 167 Å². The Balaban J connectivity index is 2.05. The highest BCUT2D eigenvalue weighted by Crippen LogP contribution is 2.59. The third-order valence-corrected chi connectivity index (χ3v) is 6.14. The quantitative estimate of drug-likeness (QED) is 0.443. The Morgan fingerprint density at radius 2 is 2.10 bits per heavy atom. The fraction of sp³-hybridized carbons (Fsp3) is 0.381. The number of allylic oxidation sites excluding steroid dienone is 2. The summed E-state index contributed by atoms with van der Waals surface area (Å²) in [5, 5.41) is 31.2. The molecule has 0 N–H and O–H groups in total. The number of ether oxygens (including phenoxy) is 1. The lowest BCUT2D eigenvalue weighted by Crippen LogP contribution is -2.53. The van der Waals surface area contributed by atoms with Crippen LogP contribution in [0.25, 0.3) is 0 Å². The number of carbonyl (C=O) groups is 1. The van der Waals surface area contributed by atoms with E-state index in [9.17, 15) is 25.4 Å². The van der Waals surface area contributed by atoms with Gasteiger partial charge < -0.3 is 9.64 Å². The molecule has 1 amide bonds. The number of anilines is 1. The molecule has 8 nitrogen and oxygen atoms in total. The first-order valence-corrected chi connectivity index (χ1v) is 9.45. The second-order valence-electron chi connectivity index (χ2n) is 7.43. The average Bonchev–Trinajstić information content (AvgIpc) is 2.97. The summed E-state index contributed by atoms with van der Waals surface area (Å²) in [4.78, 5) is 26.5. The van der Waals surface area contributed by atoms with Crippen LogP contribution in [0.5, 0.6) is 0 Å². The van der Waals surface area contributed by atoms with E-state index in [1.807, 2.05) is 6.07 Å². The van der Waals surface area contributed by atoms with Gasteiger partial charge in [-0.1, -0.05) is 25.0 Å². The van der Waals surface area contributed by atoms with E-state index in [2.05, 4.69) is 12.6 Å². The van der Waals surface area contributed by atoms with Crippen LogP contribution in [0.15, 0.2) is 42.2 Å². The van der Waals surface area contributed by atoms with Gasteiger partial charge in [0.15, 0.2) is 0 Å². The highest BCUT2D eigenvalue weighted by molar-refractivity contribution is 6.09. The molecule has 1 aromatic carbocycles. The summed E-state index contributed by atoms with van der Waals surface area (Å²) in [5.74, 6) is -1.46. The Morgan fingerprint density at radius 1 is 1.34 bits per heavy atom. The van der Waals surface area contributed by atoms with Crippen LogP contribution in [0.4, 0.5) is 11.4 Å². The van der Waals surface area contributed by atoms with Gasteiger partial charge in [-0.05, 0) is 18.9 Å². The van der Waals surface area contributed by atoms with Crippen molar-refractivity contribution in [2.45, 2.75) is 31.3 Å². The zero-order chi connectivity index (χ0) is 20.8. The summed E-state index contributed by atoms with van der Waals surface area (Å²) >= 11 is 0. The van der Waals surface area contributed by atoms with Crippen LogP contribution < -0.4 is 4.90 Å². The first-order chi connectivity index (χ1) is 14.0. The van der Waals surface area contributed by atoms with E-state index in [0.29, 0.717) is 18.5 Å². The van der Waals surface area contributed by atoms with Gasteiger partial charge in [0, 0.05) is 24.4 Å². The second-order valence-corrected chi connectivity index (χ2v) is 7.43. The van der Waals surface area contributed by atoms with E-state index in [0.717, 1.165) is 12.8 Å². The fourth-order valence-corrected chi connectivity index (χ4v) is 5.09. The molecule has 1 fully saturated rings. The van der Waals surface area contributed by atoms with Crippen molar-refractivity contribution in [3.63, 3.8) is 0 Å². The van der Waals surface area contributed by atoms with Crippen molar-refractivity contribution in [1.82, 2.24) is 0 Å². The minimum Gasteiger partial charge on any atom is -0.461 e. The zero-order valence-electron chi connectivity index (χ0n) is 15.6. The van der Waals surface area contributed by atoms with E-state index in [4.69, 9.17) is 4.74 Å². The van der Waals surface area contributed by atoms with Crippen LogP contribution in [0.2, 0.25) is 0 Å². The van der Waals surface area contributed by atoms with Crippen molar-refractivity contribution < 1.29 is 14.5 Å². The van der Waals surface area contributed by atoms with Crippen LogP contribution in [0.3, 0.4) is 0 Å². The van der Waals surface area contributed by atoms with Gasteiger partial charge in [-0.3, -0.25) is 14.9 Å². The number of carbonyl (C=O) groups excluding carboxylic acids is 1. The van der Waals surface area contributed by atoms with E-state index in [1.54, 1.807) is 12.1 Å². The third-order valence-electron chi connectivity index (χ3n) is 6.14. The molecule has 0 saturated heterocycles. The molecule has 3 atom stereocenters. The number of hydrogen-bond acceptors (Lipinski definition) is 6. The standard InChI is InChI=1S/C21H18N4O4/c1-2-10-24-16-8-5-9-17(25(27)28)19(16)21(20(24)26)15-7-4-3-6-13(15)14(11-22)18(12-23)29-21/h2,5,8-9,13,15H,1,3-4,6-7,10H2. The molecule has 0 bridgehead atoms. The Kier molecular flexibility index (Phi) is 4.35. The number of benzene rings is 1. The average molecular weight is 390 g/mol. The Hall–Kier alpha value is -3.65. The maximum Gasteiger partial charge on any atom is 0.279 e. The fourth-order valence-electron chi connectivity index (χ4n) is 5.09. The number of nitriles is 2. The molecular weight excluding hydrogens is 372 g/mol. The zero-order valence-corrected chi connectivity index (χ0v) is 15.6. The summed E-state index contributed by atoms with van der Waals surface area (Å²) in [7, 11) is 0. The predicted molar refractivity (Wildman–Crippen MR) is 102 cm³/mol. The molecule has 0 radical (unpaired) electrons. The molecule has 8 heteroatoms. The number of fused-ring (bicyclic) bond motifs is 4. The normalized spacial score (nSPS) is 27.5. The number of amides is 1. The van der Waals surface area contributed by atoms with Gasteiger partial charge in [-0.2, -0.15) is 10.5 Å². The van der Waals surface area contributed by atoms with Crippen molar-refractivity contribution in [3.8, 4) is 12.1 Å². The van der Waals surface area contributed by atoms with Crippen molar-refractivity contribution in [1.29, 1.82) is 10.5 Å². The first kappa shape index (κ1) is 18.7. The number of hydrogen-bond donors (Lipinski definition) is 0. The van der Waals surface area contributed by atoms with Crippen LogP contribution in [0, 0.1) is 44.6 Å². The van der Waals surface area contributed by atoms with Gasteiger partial charge in [0.1, 0.15) is 11.6 Å². The van der Waals surface area contributed by atoms with Crippen LogP contribution in [-0.2, 0) is 15.1 Å². The van der Waals surface area contributed by atoms with Crippen LogP contribution in [-0.4, -0.2) is 17.4 Å². The topological polar surface area (TPSA) is 120 Å². The maximum atomic E-state index is 13.7. The minimum atomic E-state index is -1.68. The van der Waals surface area contributed by atoms with E-state index in [-0.39, 0.29) is 35.0 Å². The van der Waals surface area contributed by atoms with E-state index >= 15 is 0 Å². The number of nitro groups is 1. The summed E-state index contributed by atoms with van der Waals surface area (Å²) in [5.41, 5.74) is -1.09. The van der Waals surface area contributed by atoms with E-state index in [1.165, 1.54) is 17.0 Å². The lowest BCUT2D eigenvalue weighted by Gasteiger charge is -2.46. The molecular formula is C21H18N4O4. The Morgan fingerprint density at radius 3 is 2.76 bits per heavy atom. The van der Waals surface area contributed by atoms with Crippen molar-refractivity contribution in [2.75, 3.05) is 11.4 Å². The van der Waals surface area contributed by atoms with Crippen molar-refractivity contribution >= 4 is 17.3 Å². The maximum absolute atomic E-state index is 13.7. The van der Waals surface area contributed by atoms with Crippen LogP contribution in [0.1, 0.15) is 31.2 Å². The summed E-state index contributed by atoms with van der Waals surface area (Å²) in [6, 6.07) is 8.52. The summed E-state index contributed by atoms with van der Waals surface area (Å²) in [6.07, 6.45) is 4.43.